The Kier molecular flexibility index (Phi) is 3.53. The first kappa shape index (κ1) is 11.5. The molecular weight excluding hydrogens is 178 g/mol. The number of hydrogen-bond acceptors (Lipinski definition) is 2. The highest BCUT2D eigenvalue weighted by Crippen LogP contribution is 2.35. The van der Waals surface area contributed by atoms with Crippen LogP contribution in [-0.4, -0.2) is 23.2 Å². The topological polar surface area (TPSA) is 49.3 Å². The first-order chi connectivity index (χ1) is 6.45. The molecule has 1 saturated carbocycles. The molecule has 0 radical (unpaired) electrons. The van der Waals surface area contributed by atoms with Crippen LogP contribution in [0.5, 0.6) is 0 Å². The van der Waals surface area contributed by atoms with Gasteiger partial charge in [0.2, 0.25) is 6.41 Å². The predicted octanol–water partition coefficient (Wildman–Crippen LogP) is 1.31. The summed E-state index contributed by atoms with van der Waals surface area (Å²) in [5, 5.41) is 12.8. The zero-order valence-corrected chi connectivity index (χ0v) is 9.29. The molecule has 1 fully saturated rings. The fourth-order valence-corrected chi connectivity index (χ4v) is 2.50. The summed E-state index contributed by atoms with van der Waals surface area (Å²) >= 11 is 0. The van der Waals surface area contributed by atoms with Gasteiger partial charge in [0.25, 0.3) is 0 Å². The van der Waals surface area contributed by atoms with Gasteiger partial charge < -0.3 is 10.4 Å². The molecule has 3 unspecified atom stereocenters. The standard InChI is InChI=1S/C11H21NO2/c1-8-4-5-9(11(2,3)14)10(6-8)12-7-13/h7-10,14H,4-6H2,1-3H3,(H,12,13). The first-order valence-corrected chi connectivity index (χ1v) is 5.37. The molecule has 0 aromatic carbocycles. The summed E-state index contributed by atoms with van der Waals surface area (Å²) < 4.78 is 0. The second-order valence-corrected chi connectivity index (χ2v) is 5.07. The second-order valence-electron chi connectivity index (χ2n) is 5.07. The summed E-state index contributed by atoms with van der Waals surface area (Å²) in [6, 6.07) is 0.135. The van der Waals surface area contributed by atoms with Crippen LogP contribution in [0.1, 0.15) is 40.0 Å². The van der Waals surface area contributed by atoms with Crippen LogP contribution >= 0.6 is 0 Å². The minimum absolute atomic E-state index is 0.135. The maximum absolute atomic E-state index is 10.5. The zero-order chi connectivity index (χ0) is 10.8. The van der Waals surface area contributed by atoms with E-state index in [2.05, 4.69) is 12.2 Å². The monoisotopic (exact) mass is 199 g/mol. The lowest BCUT2D eigenvalue weighted by Crippen LogP contribution is -2.49. The summed E-state index contributed by atoms with van der Waals surface area (Å²) in [7, 11) is 0. The molecular formula is C11H21NO2. The highest BCUT2D eigenvalue weighted by atomic mass is 16.3. The third kappa shape index (κ3) is 2.71. The second kappa shape index (κ2) is 4.30. The smallest absolute Gasteiger partial charge is 0.207 e. The molecule has 0 saturated heterocycles. The molecule has 1 rings (SSSR count). The maximum atomic E-state index is 10.5. The quantitative estimate of drug-likeness (QED) is 0.673. The molecule has 0 heterocycles. The van der Waals surface area contributed by atoms with Gasteiger partial charge in [0.05, 0.1) is 5.60 Å². The van der Waals surface area contributed by atoms with Crippen molar-refractivity contribution in [1.29, 1.82) is 0 Å². The highest BCUT2D eigenvalue weighted by Gasteiger charge is 2.37. The van der Waals surface area contributed by atoms with E-state index in [1.807, 2.05) is 13.8 Å². The van der Waals surface area contributed by atoms with Crippen LogP contribution < -0.4 is 5.32 Å². The average Bonchev–Trinajstić information content (AvgIpc) is 2.02. The van der Waals surface area contributed by atoms with Crippen molar-refractivity contribution >= 4 is 6.41 Å². The van der Waals surface area contributed by atoms with Gasteiger partial charge in [-0.2, -0.15) is 0 Å². The molecule has 1 amide bonds. The van der Waals surface area contributed by atoms with Crippen molar-refractivity contribution in [3.63, 3.8) is 0 Å². The molecule has 3 heteroatoms. The van der Waals surface area contributed by atoms with E-state index >= 15 is 0 Å². The molecule has 0 aromatic rings. The lowest BCUT2D eigenvalue weighted by molar-refractivity contribution is -0.112. The summed E-state index contributed by atoms with van der Waals surface area (Å²) in [4.78, 5) is 10.5. The fourth-order valence-electron chi connectivity index (χ4n) is 2.50. The van der Waals surface area contributed by atoms with E-state index in [9.17, 15) is 9.90 Å². The van der Waals surface area contributed by atoms with Crippen LogP contribution in [0.2, 0.25) is 0 Å². The summed E-state index contributed by atoms with van der Waals surface area (Å²) in [6.07, 6.45) is 3.87. The Hall–Kier alpha value is -0.570. The molecule has 3 nitrogen and oxygen atoms in total. The van der Waals surface area contributed by atoms with Gasteiger partial charge in [-0.05, 0) is 32.6 Å². The molecule has 0 bridgehead atoms. The van der Waals surface area contributed by atoms with Crippen molar-refractivity contribution in [1.82, 2.24) is 5.32 Å². The van der Waals surface area contributed by atoms with Crippen LogP contribution in [0.3, 0.4) is 0 Å². The molecule has 2 N–H and O–H groups in total. The van der Waals surface area contributed by atoms with E-state index in [1.165, 1.54) is 0 Å². The van der Waals surface area contributed by atoms with Gasteiger partial charge in [0.15, 0.2) is 0 Å². The van der Waals surface area contributed by atoms with Crippen molar-refractivity contribution in [3.8, 4) is 0 Å². The molecule has 3 atom stereocenters. The van der Waals surface area contributed by atoms with E-state index < -0.39 is 5.60 Å². The number of aliphatic hydroxyl groups is 1. The number of hydrogen-bond donors (Lipinski definition) is 2. The average molecular weight is 199 g/mol. The SMILES string of the molecule is CC1CCC(C(C)(C)O)C(NC=O)C1. The predicted molar refractivity (Wildman–Crippen MR) is 55.8 cm³/mol. The van der Waals surface area contributed by atoms with Crippen molar-refractivity contribution in [2.24, 2.45) is 11.8 Å². The van der Waals surface area contributed by atoms with Crippen molar-refractivity contribution in [3.05, 3.63) is 0 Å². The molecule has 1 aliphatic rings. The van der Waals surface area contributed by atoms with E-state index in [1.54, 1.807) is 0 Å². The molecule has 0 aromatic heterocycles. The molecule has 82 valence electrons. The van der Waals surface area contributed by atoms with Crippen LogP contribution in [0.4, 0.5) is 0 Å². The van der Waals surface area contributed by atoms with Crippen molar-refractivity contribution < 1.29 is 9.90 Å². The largest absolute Gasteiger partial charge is 0.390 e. The maximum Gasteiger partial charge on any atom is 0.207 e. The van der Waals surface area contributed by atoms with Crippen LogP contribution in [0.15, 0.2) is 0 Å². The lowest BCUT2D eigenvalue weighted by Gasteiger charge is -2.41. The number of rotatable bonds is 3. The fraction of sp³-hybridized carbons (Fsp3) is 0.909. The lowest BCUT2D eigenvalue weighted by atomic mass is 9.72. The zero-order valence-electron chi connectivity index (χ0n) is 9.29. The highest BCUT2D eigenvalue weighted by molar-refractivity contribution is 5.46. The summed E-state index contributed by atoms with van der Waals surface area (Å²) in [6.45, 7) is 5.85. The number of carbonyl (C=O) groups is 1. The van der Waals surface area contributed by atoms with Crippen LogP contribution in [0.25, 0.3) is 0 Å². The van der Waals surface area contributed by atoms with Gasteiger partial charge in [-0.1, -0.05) is 13.3 Å². The Morgan fingerprint density at radius 2 is 2.07 bits per heavy atom. The minimum Gasteiger partial charge on any atom is -0.390 e. The molecule has 14 heavy (non-hydrogen) atoms. The Balaban J connectivity index is 2.67. The molecule has 1 aliphatic carbocycles. The van der Waals surface area contributed by atoms with Crippen LogP contribution in [0, 0.1) is 11.8 Å². The van der Waals surface area contributed by atoms with Crippen molar-refractivity contribution in [2.45, 2.75) is 51.7 Å². The normalized spacial score (nSPS) is 33.9. The first-order valence-electron chi connectivity index (χ1n) is 5.37. The Morgan fingerprint density at radius 1 is 1.43 bits per heavy atom. The molecule has 0 aliphatic heterocycles. The number of carbonyl (C=O) groups excluding carboxylic acids is 1. The third-order valence-corrected chi connectivity index (χ3v) is 3.30. The van der Waals surface area contributed by atoms with E-state index in [-0.39, 0.29) is 12.0 Å². The number of amides is 1. The van der Waals surface area contributed by atoms with E-state index in [0.29, 0.717) is 5.92 Å². The van der Waals surface area contributed by atoms with Gasteiger partial charge in [0, 0.05) is 12.0 Å². The Labute approximate surface area is 85.9 Å². The Morgan fingerprint density at radius 3 is 2.57 bits per heavy atom. The van der Waals surface area contributed by atoms with E-state index in [0.717, 1.165) is 25.7 Å². The van der Waals surface area contributed by atoms with Gasteiger partial charge in [-0.15, -0.1) is 0 Å². The number of nitrogens with one attached hydrogen (secondary N) is 1. The molecule has 0 spiro atoms. The third-order valence-electron chi connectivity index (χ3n) is 3.30. The summed E-state index contributed by atoms with van der Waals surface area (Å²) in [5.41, 5.74) is -0.694. The van der Waals surface area contributed by atoms with Crippen LogP contribution in [-0.2, 0) is 4.79 Å². The van der Waals surface area contributed by atoms with Gasteiger partial charge in [-0.25, -0.2) is 0 Å². The van der Waals surface area contributed by atoms with Gasteiger partial charge in [0.1, 0.15) is 0 Å². The van der Waals surface area contributed by atoms with Crippen molar-refractivity contribution in [2.75, 3.05) is 0 Å². The van der Waals surface area contributed by atoms with Gasteiger partial charge in [-0.3, -0.25) is 4.79 Å². The minimum atomic E-state index is -0.694. The van der Waals surface area contributed by atoms with Gasteiger partial charge >= 0.3 is 0 Å². The summed E-state index contributed by atoms with van der Waals surface area (Å²) in [5.74, 6) is 0.829. The van der Waals surface area contributed by atoms with E-state index in [4.69, 9.17) is 0 Å². The Bertz CT molecular complexity index is 198.